The fraction of sp³-hybridized carbons (Fsp3) is 0.923. The van der Waals surface area contributed by atoms with Gasteiger partial charge in [-0.05, 0) is 19.3 Å². The largest absolute Gasteiger partial charge is 0.388 e. The van der Waals surface area contributed by atoms with Crippen molar-refractivity contribution in [3.8, 4) is 0 Å². The Morgan fingerprint density at radius 3 is 2.63 bits per heavy atom. The van der Waals surface area contributed by atoms with E-state index in [0.717, 1.165) is 39.1 Å². The van der Waals surface area contributed by atoms with Gasteiger partial charge in [-0.25, -0.2) is 0 Å². The zero-order valence-electron chi connectivity index (χ0n) is 11.5. The molecular formula is C13H25N3O3. The second kappa shape index (κ2) is 6.65. The Morgan fingerprint density at radius 1 is 1.21 bits per heavy atom. The van der Waals surface area contributed by atoms with Crippen LogP contribution in [0.1, 0.15) is 19.3 Å². The van der Waals surface area contributed by atoms with Gasteiger partial charge in [-0.2, -0.15) is 0 Å². The molecule has 3 N–H and O–H groups in total. The Kier molecular flexibility index (Phi) is 5.15. The van der Waals surface area contributed by atoms with Crippen molar-refractivity contribution in [3.63, 3.8) is 0 Å². The van der Waals surface area contributed by atoms with Crippen molar-refractivity contribution in [2.24, 2.45) is 5.73 Å². The van der Waals surface area contributed by atoms with Gasteiger partial charge in [0.15, 0.2) is 0 Å². The lowest BCUT2D eigenvalue weighted by atomic mass is 9.94. The lowest BCUT2D eigenvalue weighted by Crippen LogP contribution is -2.48. The molecule has 2 aliphatic rings. The molecule has 0 saturated carbocycles. The first-order chi connectivity index (χ1) is 9.13. The summed E-state index contributed by atoms with van der Waals surface area (Å²) in [6.07, 6.45) is 2.22. The van der Waals surface area contributed by atoms with Crippen LogP contribution in [0.2, 0.25) is 0 Å². The van der Waals surface area contributed by atoms with E-state index in [1.807, 2.05) is 0 Å². The Labute approximate surface area is 114 Å². The highest BCUT2D eigenvalue weighted by atomic mass is 16.5. The highest BCUT2D eigenvalue weighted by Crippen LogP contribution is 2.24. The number of morpholine rings is 1. The molecule has 1 atom stereocenters. The predicted octanol–water partition coefficient (Wildman–Crippen LogP) is -0.979. The van der Waals surface area contributed by atoms with Crippen molar-refractivity contribution in [1.29, 1.82) is 0 Å². The van der Waals surface area contributed by atoms with Crippen LogP contribution in [0.4, 0.5) is 0 Å². The summed E-state index contributed by atoms with van der Waals surface area (Å²) in [5.74, 6) is -0.0179. The Morgan fingerprint density at radius 2 is 1.95 bits per heavy atom. The molecule has 19 heavy (non-hydrogen) atoms. The summed E-state index contributed by atoms with van der Waals surface area (Å²) in [5.41, 5.74) is 4.72. The lowest BCUT2D eigenvalue weighted by molar-refractivity contribution is -0.129. The molecule has 0 aliphatic carbocycles. The number of amides is 1. The molecule has 2 rings (SSSR count). The van der Waals surface area contributed by atoms with Crippen molar-refractivity contribution in [1.82, 2.24) is 9.80 Å². The maximum atomic E-state index is 11.6. The van der Waals surface area contributed by atoms with Gasteiger partial charge in [-0.15, -0.1) is 0 Å². The number of β-amino-alcohol motifs (C(OH)–C–C–N with tert-alkyl or cyclic N) is 1. The Bertz CT molecular complexity index is 308. The summed E-state index contributed by atoms with van der Waals surface area (Å²) in [5, 5.41) is 10.7. The van der Waals surface area contributed by atoms with Gasteiger partial charge >= 0.3 is 0 Å². The maximum Gasteiger partial charge on any atom is 0.236 e. The van der Waals surface area contributed by atoms with Gasteiger partial charge in [0.2, 0.25) is 5.91 Å². The van der Waals surface area contributed by atoms with Crippen LogP contribution >= 0.6 is 0 Å². The van der Waals surface area contributed by atoms with Crippen molar-refractivity contribution in [2.45, 2.75) is 24.9 Å². The van der Waals surface area contributed by atoms with E-state index in [9.17, 15) is 9.90 Å². The number of likely N-dealkylation sites (tertiary alicyclic amines) is 1. The minimum absolute atomic E-state index is 0.0179. The predicted molar refractivity (Wildman–Crippen MR) is 71.7 cm³/mol. The second-order valence-corrected chi connectivity index (χ2v) is 5.55. The zero-order chi connectivity index (χ0) is 13.7. The summed E-state index contributed by atoms with van der Waals surface area (Å²) in [4.78, 5) is 15.6. The average molecular weight is 271 g/mol. The minimum atomic E-state index is -0.680. The molecule has 110 valence electrons. The summed E-state index contributed by atoms with van der Waals surface area (Å²) in [6.45, 7) is 5.31. The molecule has 2 saturated heterocycles. The highest BCUT2D eigenvalue weighted by molar-refractivity contribution is 5.78. The third-order valence-corrected chi connectivity index (χ3v) is 4.07. The number of carbonyl (C=O) groups is 1. The van der Waals surface area contributed by atoms with Crippen LogP contribution in [0.25, 0.3) is 0 Å². The van der Waals surface area contributed by atoms with Crippen LogP contribution < -0.4 is 5.73 Å². The SMILES string of the molecule is NCC(=O)N1CCCC(O)(CN2CCOCC2)CC1. The van der Waals surface area contributed by atoms with E-state index in [1.54, 1.807) is 4.90 Å². The number of nitrogens with zero attached hydrogens (tertiary/aromatic N) is 2. The smallest absolute Gasteiger partial charge is 0.236 e. The molecule has 2 heterocycles. The number of aliphatic hydroxyl groups is 1. The van der Waals surface area contributed by atoms with Crippen LogP contribution in [0, 0.1) is 0 Å². The van der Waals surface area contributed by atoms with Gasteiger partial charge in [0.1, 0.15) is 0 Å². The van der Waals surface area contributed by atoms with E-state index < -0.39 is 5.60 Å². The molecule has 1 amide bonds. The molecule has 0 radical (unpaired) electrons. The quantitative estimate of drug-likeness (QED) is 0.690. The van der Waals surface area contributed by atoms with Gasteiger partial charge in [0.25, 0.3) is 0 Å². The molecule has 0 aromatic carbocycles. The molecule has 6 heteroatoms. The van der Waals surface area contributed by atoms with Crippen LogP contribution in [0.3, 0.4) is 0 Å². The van der Waals surface area contributed by atoms with Crippen LogP contribution in [-0.4, -0.2) is 78.9 Å². The van der Waals surface area contributed by atoms with Crippen molar-refractivity contribution in [2.75, 3.05) is 52.5 Å². The molecule has 2 aliphatic heterocycles. The zero-order valence-corrected chi connectivity index (χ0v) is 11.5. The third kappa shape index (κ3) is 4.14. The minimum Gasteiger partial charge on any atom is -0.388 e. The molecule has 0 spiro atoms. The van der Waals surface area contributed by atoms with E-state index in [4.69, 9.17) is 10.5 Å². The molecule has 1 unspecified atom stereocenters. The molecule has 0 bridgehead atoms. The summed E-state index contributed by atoms with van der Waals surface area (Å²) < 4.78 is 5.32. The fourth-order valence-electron chi connectivity index (χ4n) is 2.89. The Balaban J connectivity index is 1.87. The topological polar surface area (TPSA) is 79.0 Å². The van der Waals surface area contributed by atoms with E-state index in [-0.39, 0.29) is 12.5 Å². The van der Waals surface area contributed by atoms with E-state index >= 15 is 0 Å². The van der Waals surface area contributed by atoms with Gasteiger partial charge in [-0.3, -0.25) is 9.69 Å². The summed E-state index contributed by atoms with van der Waals surface area (Å²) >= 11 is 0. The van der Waals surface area contributed by atoms with Gasteiger partial charge < -0.3 is 20.5 Å². The van der Waals surface area contributed by atoms with Gasteiger partial charge in [0.05, 0.1) is 25.4 Å². The molecule has 0 aromatic heterocycles. The molecule has 0 aromatic rings. The summed E-state index contributed by atoms with van der Waals surface area (Å²) in [6, 6.07) is 0. The van der Waals surface area contributed by atoms with Gasteiger partial charge in [-0.1, -0.05) is 0 Å². The first kappa shape index (κ1) is 14.7. The Hall–Kier alpha value is -0.690. The second-order valence-electron chi connectivity index (χ2n) is 5.55. The average Bonchev–Trinajstić information content (AvgIpc) is 2.61. The third-order valence-electron chi connectivity index (χ3n) is 4.07. The number of nitrogens with two attached hydrogens (primary N) is 1. The number of hydrogen-bond acceptors (Lipinski definition) is 5. The lowest BCUT2D eigenvalue weighted by Gasteiger charge is -2.35. The molecule has 6 nitrogen and oxygen atoms in total. The highest BCUT2D eigenvalue weighted by Gasteiger charge is 2.33. The van der Waals surface area contributed by atoms with Gasteiger partial charge in [0, 0.05) is 32.7 Å². The van der Waals surface area contributed by atoms with E-state index in [0.29, 0.717) is 26.1 Å². The first-order valence-corrected chi connectivity index (χ1v) is 7.13. The van der Waals surface area contributed by atoms with E-state index in [1.165, 1.54) is 0 Å². The molecule has 2 fully saturated rings. The first-order valence-electron chi connectivity index (χ1n) is 7.13. The van der Waals surface area contributed by atoms with E-state index in [2.05, 4.69) is 4.90 Å². The van der Waals surface area contributed by atoms with Crippen molar-refractivity contribution < 1.29 is 14.6 Å². The fourth-order valence-corrected chi connectivity index (χ4v) is 2.89. The van der Waals surface area contributed by atoms with Crippen molar-refractivity contribution >= 4 is 5.91 Å². The molecular weight excluding hydrogens is 246 g/mol. The normalized spacial score (nSPS) is 30.1. The maximum absolute atomic E-state index is 11.6. The van der Waals surface area contributed by atoms with Crippen LogP contribution in [0.15, 0.2) is 0 Å². The number of carbonyl (C=O) groups excluding carboxylic acids is 1. The van der Waals surface area contributed by atoms with Crippen LogP contribution in [-0.2, 0) is 9.53 Å². The number of hydrogen-bond donors (Lipinski definition) is 2. The monoisotopic (exact) mass is 271 g/mol. The number of ether oxygens (including phenoxy) is 1. The number of rotatable bonds is 3. The summed E-state index contributed by atoms with van der Waals surface area (Å²) in [7, 11) is 0. The van der Waals surface area contributed by atoms with Crippen LogP contribution in [0.5, 0.6) is 0 Å². The standard InChI is InChI=1S/C13H25N3O3/c14-10-12(17)16-4-1-2-13(18,3-5-16)11-15-6-8-19-9-7-15/h18H,1-11,14H2. The van der Waals surface area contributed by atoms with Crippen molar-refractivity contribution in [3.05, 3.63) is 0 Å².